The maximum atomic E-state index is 5.71. The molecule has 0 aromatic heterocycles. The zero-order chi connectivity index (χ0) is 16.8. The fourth-order valence-corrected chi connectivity index (χ4v) is 2.76. The molecule has 23 heavy (non-hydrogen) atoms. The van der Waals surface area contributed by atoms with Crippen LogP contribution in [-0.2, 0) is 0 Å². The lowest BCUT2D eigenvalue weighted by atomic mass is 9.86. The standard InChI is InChI=1S/C21H26N2/c1-15(2)18-11-8-12-19(16(3)4)21(18)20(13-14-22)23-17-9-6-5-7-10-17/h5-16H,22H2,1-4H3/b14-13-,23-20?. The van der Waals surface area contributed by atoms with Crippen molar-refractivity contribution >= 4 is 11.4 Å². The van der Waals surface area contributed by atoms with Gasteiger partial charge in [0.25, 0.3) is 0 Å². The van der Waals surface area contributed by atoms with Crippen LogP contribution in [0.1, 0.15) is 56.2 Å². The number of rotatable bonds is 5. The summed E-state index contributed by atoms with van der Waals surface area (Å²) in [6.07, 6.45) is 3.48. The van der Waals surface area contributed by atoms with Crippen molar-refractivity contribution in [2.24, 2.45) is 10.7 Å². The molecular weight excluding hydrogens is 280 g/mol. The van der Waals surface area contributed by atoms with Crippen LogP contribution >= 0.6 is 0 Å². The van der Waals surface area contributed by atoms with Crippen LogP contribution in [0.25, 0.3) is 0 Å². The lowest BCUT2D eigenvalue weighted by Crippen LogP contribution is -2.10. The van der Waals surface area contributed by atoms with E-state index in [9.17, 15) is 0 Å². The average Bonchev–Trinajstić information content (AvgIpc) is 2.54. The first-order chi connectivity index (χ1) is 11.0. The Balaban J connectivity index is 2.70. The van der Waals surface area contributed by atoms with Crippen molar-refractivity contribution in [3.05, 3.63) is 77.5 Å². The molecule has 2 heteroatoms. The zero-order valence-electron chi connectivity index (χ0n) is 14.5. The van der Waals surface area contributed by atoms with Gasteiger partial charge in [0.05, 0.1) is 11.4 Å². The maximum Gasteiger partial charge on any atom is 0.0729 e. The lowest BCUT2D eigenvalue weighted by molar-refractivity contribution is 0.829. The van der Waals surface area contributed by atoms with E-state index in [1.54, 1.807) is 6.20 Å². The Kier molecular flexibility index (Phi) is 5.75. The third-order valence-electron chi connectivity index (χ3n) is 3.89. The predicted molar refractivity (Wildman–Crippen MR) is 101 cm³/mol. The van der Waals surface area contributed by atoms with E-state index in [1.165, 1.54) is 16.7 Å². The second kappa shape index (κ2) is 7.77. The van der Waals surface area contributed by atoms with Gasteiger partial charge in [0.1, 0.15) is 0 Å². The maximum absolute atomic E-state index is 5.71. The van der Waals surface area contributed by atoms with E-state index >= 15 is 0 Å². The minimum atomic E-state index is 0.427. The molecule has 0 aliphatic rings. The van der Waals surface area contributed by atoms with Crippen LogP contribution in [0.2, 0.25) is 0 Å². The lowest BCUT2D eigenvalue weighted by Gasteiger charge is -2.20. The van der Waals surface area contributed by atoms with Crippen molar-refractivity contribution in [2.45, 2.75) is 39.5 Å². The van der Waals surface area contributed by atoms with Gasteiger partial charge in [-0.05, 0) is 47.4 Å². The SMILES string of the molecule is CC(C)c1cccc(C(C)C)c1C(/C=C\N)=Nc1ccccc1. The van der Waals surface area contributed by atoms with Crippen LogP contribution in [0.4, 0.5) is 5.69 Å². The van der Waals surface area contributed by atoms with Crippen molar-refractivity contribution in [1.29, 1.82) is 0 Å². The van der Waals surface area contributed by atoms with Gasteiger partial charge in [0.15, 0.2) is 0 Å². The minimum absolute atomic E-state index is 0.427. The molecule has 0 bridgehead atoms. The predicted octanol–water partition coefficient (Wildman–Crippen LogP) is 5.53. The first-order valence-electron chi connectivity index (χ1n) is 8.19. The van der Waals surface area contributed by atoms with E-state index in [-0.39, 0.29) is 0 Å². The smallest absolute Gasteiger partial charge is 0.0729 e. The summed E-state index contributed by atoms with van der Waals surface area (Å²) in [4.78, 5) is 4.85. The van der Waals surface area contributed by atoms with Crippen molar-refractivity contribution in [3.8, 4) is 0 Å². The normalized spacial score (nSPS) is 12.5. The summed E-state index contributed by atoms with van der Waals surface area (Å²) < 4.78 is 0. The van der Waals surface area contributed by atoms with E-state index in [1.807, 2.05) is 36.4 Å². The molecule has 0 spiro atoms. The Hall–Kier alpha value is -2.35. The summed E-state index contributed by atoms with van der Waals surface area (Å²) in [5, 5.41) is 0. The monoisotopic (exact) mass is 306 g/mol. The molecule has 0 fully saturated rings. The molecule has 0 aliphatic heterocycles. The van der Waals surface area contributed by atoms with Gasteiger partial charge in [-0.25, -0.2) is 4.99 Å². The van der Waals surface area contributed by atoms with Crippen LogP contribution in [0.3, 0.4) is 0 Å². The van der Waals surface area contributed by atoms with Crippen molar-refractivity contribution in [1.82, 2.24) is 0 Å². The Morgan fingerprint density at radius 2 is 1.43 bits per heavy atom. The van der Waals surface area contributed by atoms with Gasteiger partial charge in [-0.15, -0.1) is 0 Å². The molecule has 2 aromatic rings. The molecule has 0 unspecified atom stereocenters. The number of aliphatic imine (C=N–C) groups is 1. The Morgan fingerprint density at radius 1 is 0.870 bits per heavy atom. The number of para-hydroxylation sites is 1. The first kappa shape index (κ1) is 17.0. The summed E-state index contributed by atoms with van der Waals surface area (Å²) >= 11 is 0. The Bertz CT molecular complexity index is 669. The molecular formula is C21H26N2. The van der Waals surface area contributed by atoms with Crippen LogP contribution < -0.4 is 5.73 Å². The fourth-order valence-electron chi connectivity index (χ4n) is 2.76. The highest BCUT2D eigenvalue weighted by atomic mass is 14.7. The molecule has 0 saturated carbocycles. The third-order valence-corrected chi connectivity index (χ3v) is 3.89. The van der Waals surface area contributed by atoms with Gasteiger partial charge in [-0.2, -0.15) is 0 Å². The summed E-state index contributed by atoms with van der Waals surface area (Å²) in [5.41, 5.74) is 11.4. The summed E-state index contributed by atoms with van der Waals surface area (Å²) in [6.45, 7) is 8.87. The van der Waals surface area contributed by atoms with Crippen molar-refractivity contribution in [3.63, 3.8) is 0 Å². The molecule has 120 valence electrons. The zero-order valence-corrected chi connectivity index (χ0v) is 14.5. The van der Waals surface area contributed by atoms with Crippen LogP contribution in [0.15, 0.2) is 65.8 Å². The number of nitrogens with zero attached hydrogens (tertiary/aromatic N) is 1. The summed E-state index contributed by atoms with van der Waals surface area (Å²) in [5.74, 6) is 0.853. The molecule has 0 heterocycles. The highest BCUT2D eigenvalue weighted by Gasteiger charge is 2.17. The number of benzene rings is 2. The van der Waals surface area contributed by atoms with Crippen LogP contribution in [0, 0.1) is 0 Å². The largest absolute Gasteiger partial charge is 0.405 e. The van der Waals surface area contributed by atoms with E-state index in [2.05, 4.69) is 45.9 Å². The van der Waals surface area contributed by atoms with Crippen molar-refractivity contribution in [2.75, 3.05) is 0 Å². The number of hydrogen-bond acceptors (Lipinski definition) is 2. The minimum Gasteiger partial charge on any atom is -0.405 e. The Morgan fingerprint density at radius 3 is 1.91 bits per heavy atom. The first-order valence-corrected chi connectivity index (χ1v) is 8.19. The molecule has 0 saturated heterocycles. The average molecular weight is 306 g/mol. The quantitative estimate of drug-likeness (QED) is 0.725. The molecule has 0 radical (unpaired) electrons. The molecule has 2 rings (SSSR count). The molecule has 0 atom stereocenters. The van der Waals surface area contributed by atoms with Gasteiger partial charge in [0.2, 0.25) is 0 Å². The van der Waals surface area contributed by atoms with Gasteiger partial charge in [0, 0.05) is 5.56 Å². The van der Waals surface area contributed by atoms with E-state index in [4.69, 9.17) is 10.7 Å². The third kappa shape index (κ3) is 4.10. The summed E-state index contributed by atoms with van der Waals surface area (Å²) in [7, 11) is 0. The number of allylic oxidation sites excluding steroid dienone is 1. The highest BCUT2D eigenvalue weighted by Crippen LogP contribution is 2.29. The van der Waals surface area contributed by atoms with E-state index in [0.717, 1.165) is 11.4 Å². The van der Waals surface area contributed by atoms with Crippen molar-refractivity contribution < 1.29 is 0 Å². The number of hydrogen-bond donors (Lipinski definition) is 1. The topological polar surface area (TPSA) is 38.4 Å². The molecule has 0 amide bonds. The van der Waals surface area contributed by atoms with Gasteiger partial charge >= 0.3 is 0 Å². The molecule has 2 aromatic carbocycles. The van der Waals surface area contributed by atoms with Gasteiger partial charge in [-0.1, -0.05) is 64.1 Å². The number of nitrogens with two attached hydrogens (primary N) is 1. The molecule has 0 aliphatic carbocycles. The second-order valence-corrected chi connectivity index (χ2v) is 6.31. The van der Waals surface area contributed by atoms with E-state index < -0.39 is 0 Å². The summed E-state index contributed by atoms with van der Waals surface area (Å²) in [6, 6.07) is 16.5. The Labute approximate surface area is 139 Å². The van der Waals surface area contributed by atoms with Crippen LogP contribution in [0.5, 0.6) is 0 Å². The van der Waals surface area contributed by atoms with Gasteiger partial charge in [-0.3, -0.25) is 0 Å². The fraction of sp³-hybridized carbons (Fsp3) is 0.286. The molecule has 2 N–H and O–H groups in total. The molecule has 2 nitrogen and oxygen atoms in total. The second-order valence-electron chi connectivity index (χ2n) is 6.31. The van der Waals surface area contributed by atoms with E-state index in [0.29, 0.717) is 11.8 Å². The van der Waals surface area contributed by atoms with Gasteiger partial charge < -0.3 is 5.73 Å². The highest BCUT2D eigenvalue weighted by molar-refractivity contribution is 6.12. The van der Waals surface area contributed by atoms with Crippen LogP contribution in [-0.4, -0.2) is 5.71 Å².